The number of hydrogen-bond acceptors (Lipinski definition) is 5. The number of hydrogen-bond donors (Lipinski definition) is 1. The molecule has 3 rings (SSSR count). The number of nitrogens with zero attached hydrogens (tertiary/aromatic N) is 3. The number of carbonyl (C=O) groups excluding carboxylic acids is 2. The minimum absolute atomic E-state index is 0.00429. The van der Waals surface area contributed by atoms with Crippen molar-refractivity contribution in [3.8, 4) is 11.4 Å². The van der Waals surface area contributed by atoms with E-state index in [4.69, 9.17) is 0 Å². The van der Waals surface area contributed by atoms with Crippen LogP contribution in [0.4, 0.5) is 5.69 Å². The van der Waals surface area contributed by atoms with Crippen molar-refractivity contribution in [2.75, 3.05) is 11.1 Å². The summed E-state index contributed by atoms with van der Waals surface area (Å²) in [7, 11) is 1.90. The van der Waals surface area contributed by atoms with E-state index < -0.39 is 0 Å². The summed E-state index contributed by atoms with van der Waals surface area (Å²) in [5.74, 6) is 1.31. The molecule has 0 saturated heterocycles. The minimum atomic E-state index is -0.142. The first-order chi connectivity index (χ1) is 13.8. The Balaban J connectivity index is 1.61. The molecule has 2 aromatic carbocycles. The van der Waals surface area contributed by atoms with E-state index in [1.807, 2.05) is 23.7 Å². The molecule has 0 radical (unpaired) electrons. The SMILES string of the molecule is CC(=O)c1ccc(NC(=O)CSc2nnc(-c3ccc(C(C)C)cc3)n2C)cc1. The largest absolute Gasteiger partial charge is 0.325 e. The van der Waals surface area contributed by atoms with E-state index in [2.05, 4.69) is 41.5 Å². The minimum Gasteiger partial charge on any atom is -0.325 e. The number of rotatable bonds is 7. The lowest BCUT2D eigenvalue weighted by molar-refractivity contribution is -0.113. The molecular weight excluding hydrogens is 384 g/mol. The molecule has 0 bridgehead atoms. The Kier molecular flexibility index (Phi) is 6.49. The van der Waals surface area contributed by atoms with E-state index in [9.17, 15) is 9.59 Å². The molecule has 0 aliphatic heterocycles. The highest BCUT2D eigenvalue weighted by atomic mass is 32.2. The molecule has 0 saturated carbocycles. The summed E-state index contributed by atoms with van der Waals surface area (Å²) < 4.78 is 1.89. The number of aromatic nitrogens is 3. The van der Waals surface area contributed by atoms with Crippen LogP contribution in [0.15, 0.2) is 53.7 Å². The molecule has 150 valence electrons. The zero-order valence-electron chi connectivity index (χ0n) is 17.0. The quantitative estimate of drug-likeness (QED) is 0.459. The molecule has 6 nitrogen and oxygen atoms in total. The molecular formula is C22H24N4O2S. The predicted molar refractivity (Wildman–Crippen MR) is 116 cm³/mol. The van der Waals surface area contributed by atoms with Gasteiger partial charge < -0.3 is 9.88 Å². The zero-order chi connectivity index (χ0) is 21.0. The smallest absolute Gasteiger partial charge is 0.234 e. The summed E-state index contributed by atoms with van der Waals surface area (Å²) in [5, 5.41) is 12.0. The molecule has 1 amide bonds. The highest BCUT2D eigenvalue weighted by Crippen LogP contribution is 2.24. The second-order valence-electron chi connectivity index (χ2n) is 7.11. The summed E-state index contributed by atoms with van der Waals surface area (Å²) in [5.41, 5.74) is 3.54. The van der Waals surface area contributed by atoms with Crippen LogP contribution in [0.5, 0.6) is 0 Å². The Hall–Kier alpha value is -2.93. The maximum absolute atomic E-state index is 12.2. The average molecular weight is 409 g/mol. The Labute approximate surface area is 174 Å². The van der Waals surface area contributed by atoms with Crippen molar-refractivity contribution in [3.63, 3.8) is 0 Å². The van der Waals surface area contributed by atoms with Gasteiger partial charge in [-0.2, -0.15) is 0 Å². The van der Waals surface area contributed by atoms with Gasteiger partial charge in [0, 0.05) is 23.9 Å². The van der Waals surface area contributed by atoms with Gasteiger partial charge in [-0.25, -0.2) is 0 Å². The van der Waals surface area contributed by atoms with Crippen LogP contribution in [0.25, 0.3) is 11.4 Å². The van der Waals surface area contributed by atoms with Crippen molar-refractivity contribution in [2.24, 2.45) is 7.05 Å². The lowest BCUT2D eigenvalue weighted by atomic mass is 10.0. The number of Topliss-reactive ketones (excluding diaryl/α,β-unsaturated/α-hetero) is 1. The lowest BCUT2D eigenvalue weighted by Gasteiger charge is -2.08. The van der Waals surface area contributed by atoms with Crippen LogP contribution in [-0.4, -0.2) is 32.2 Å². The van der Waals surface area contributed by atoms with E-state index in [0.717, 1.165) is 11.4 Å². The number of thioether (sulfide) groups is 1. The molecule has 1 N–H and O–H groups in total. The van der Waals surface area contributed by atoms with Gasteiger partial charge in [0.2, 0.25) is 5.91 Å². The summed E-state index contributed by atoms with van der Waals surface area (Å²) in [4.78, 5) is 23.6. The third kappa shape index (κ3) is 5.12. The third-order valence-electron chi connectivity index (χ3n) is 4.58. The molecule has 1 aromatic heterocycles. The second kappa shape index (κ2) is 9.05. The van der Waals surface area contributed by atoms with E-state index in [1.165, 1.54) is 24.2 Å². The van der Waals surface area contributed by atoms with Crippen molar-refractivity contribution in [1.82, 2.24) is 14.8 Å². The van der Waals surface area contributed by atoms with Crippen LogP contribution >= 0.6 is 11.8 Å². The van der Waals surface area contributed by atoms with Crippen LogP contribution in [0.3, 0.4) is 0 Å². The summed E-state index contributed by atoms with van der Waals surface area (Å²) in [6.07, 6.45) is 0. The molecule has 0 aliphatic rings. The molecule has 0 atom stereocenters. The molecule has 0 spiro atoms. The first-order valence-electron chi connectivity index (χ1n) is 9.38. The van der Waals surface area contributed by atoms with E-state index in [1.54, 1.807) is 24.3 Å². The number of ketones is 1. The van der Waals surface area contributed by atoms with Gasteiger partial charge in [-0.15, -0.1) is 10.2 Å². The van der Waals surface area contributed by atoms with Crippen LogP contribution in [0, 0.1) is 0 Å². The number of nitrogens with one attached hydrogen (secondary N) is 1. The number of amides is 1. The topological polar surface area (TPSA) is 76.9 Å². The Morgan fingerprint density at radius 2 is 1.69 bits per heavy atom. The zero-order valence-corrected chi connectivity index (χ0v) is 17.8. The highest BCUT2D eigenvalue weighted by Gasteiger charge is 2.13. The molecule has 1 heterocycles. The number of anilines is 1. The normalized spacial score (nSPS) is 10.9. The maximum atomic E-state index is 12.2. The van der Waals surface area contributed by atoms with E-state index in [0.29, 0.717) is 22.3 Å². The van der Waals surface area contributed by atoms with Crippen LogP contribution in [0.1, 0.15) is 42.6 Å². The molecule has 3 aromatic rings. The fraction of sp³-hybridized carbons (Fsp3) is 0.273. The van der Waals surface area contributed by atoms with Gasteiger partial charge in [0.05, 0.1) is 5.75 Å². The molecule has 0 fully saturated rings. The fourth-order valence-electron chi connectivity index (χ4n) is 2.82. The van der Waals surface area contributed by atoms with Crippen LogP contribution in [-0.2, 0) is 11.8 Å². The van der Waals surface area contributed by atoms with Gasteiger partial charge in [-0.1, -0.05) is 49.9 Å². The molecule has 7 heteroatoms. The van der Waals surface area contributed by atoms with Crippen molar-refractivity contribution in [1.29, 1.82) is 0 Å². The maximum Gasteiger partial charge on any atom is 0.234 e. The lowest BCUT2D eigenvalue weighted by Crippen LogP contribution is -2.14. The second-order valence-corrected chi connectivity index (χ2v) is 8.05. The van der Waals surface area contributed by atoms with Crippen LogP contribution < -0.4 is 5.32 Å². The first-order valence-corrected chi connectivity index (χ1v) is 10.4. The average Bonchev–Trinajstić information content (AvgIpc) is 3.07. The molecule has 0 aliphatic carbocycles. The Morgan fingerprint density at radius 3 is 2.28 bits per heavy atom. The van der Waals surface area contributed by atoms with Gasteiger partial charge in [0.15, 0.2) is 16.8 Å². The van der Waals surface area contributed by atoms with Crippen molar-refractivity contribution in [3.05, 3.63) is 59.7 Å². The van der Waals surface area contributed by atoms with Crippen molar-refractivity contribution < 1.29 is 9.59 Å². The standard InChI is InChI=1S/C22H24N4O2S/c1-14(2)16-5-7-18(8-6-16)21-24-25-22(26(21)4)29-13-20(28)23-19-11-9-17(10-12-19)15(3)27/h5-12,14H,13H2,1-4H3,(H,23,28). The number of carbonyl (C=O) groups is 2. The third-order valence-corrected chi connectivity index (χ3v) is 5.60. The first kappa shape index (κ1) is 20.8. The summed E-state index contributed by atoms with van der Waals surface area (Å²) in [6.45, 7) is 5.83. The van der Waals surface area contributed by atoms with Crippen LogP contribution in [0.2, 0.25) is 0 Å². The predicted octanol–water partition coefficient (Wildman–Crippen LogP) is 4.54. The van der Waals surface area contributed by atoms with Gasteiger partial charge in [0.25, 0.3) is 0 Å². The summed E-state index contributed by atoms with van der Waals surface area (Å²) in [6, 6.07) is 15.1. The Morgan fingerprint density at radius 1 is 1.03 bits per heavy atom. The summed E-state index contributed by atoms with van der Waals surface area (Å²) >= 11 is 1.33. The van der Waals surface area contributed by atoms with Gasteiger partial charge >= 0.3 is 0 Å². The van der Waals surface area contributed by atoms with Crippen molar-refractivity contribution >= 4 is 29.1 Å². The molecule has 0 unspecified atom stereocenters. The van der Waals surface area contributed by atoms with Gasteiger partial charge in [-0.05, 0) is 42.7 Å². The highest BCUT2D eigenvalue weighted by molar-refractivity contribution is 7.99. The van der Waals surface area contributed by atoms with E-state index in [-0.39, 0.29) is 17.4 Å². The monoisotopic (exact) mass is 408 g/mol. The van der Waals surface area contributed by atoms with Gasteiger partial charge in [-0.3, -0.25) is 9.59 Å². The Bertz CT molecular complexity index is 1010. The number of benzene rings is 2. The van der Waals surface area contributed by atoms with Gasteiger partial charge in [0.1, 0.15) is 0 Å². The van der Waals surface area contributed by atoms with Crippen molar-refractivity contribution in [2.45, 2.75) is 31.8 Å². The molecule has 29 heavy (non-hydrogen) atoms. The fourth-order valence-corrected chi connectivity index (χ4v) is 3.54. The van der Waals surface area contributed by atoms with E-state index >= 15 is 0 Å².